The molecule has 1 aliphatic rings. The Bertz CT molecular complexity index is 177. The van der Waals surface area contributed by atoms with Gasteiger partial charge in [-0.3, -0.25) is 4.79 Å². The van der Waals surface area contributed by atoms with E-state index in [4.69, 9.17) is 10.8 Å². The number of carboxylic acids is 1. The van der Waals surface area contributed by atoms with Crippen molar-refractivity contribution < 1.29 is 15.0 Å². The minimum atomic E-state index is -0.791. The van der Waals surface area contributed by atoms with Gasteiger partial charge in [-0.1, -0.05) is 6.42 Å². The van der Waals surface area contributed by atoms with Crippen LogP contribution in [-0.4, -0.2) is 28.8 Å². The van der Waals surface area contributed by atoms with Crippen molar-refractivity contribution in [1.82, 2.24) is 0 Å². The Morgan fingerprint density at radius 1 is 1.58 bits per heavy atom. The van der Waals surface area contributed by atoms with Crippen molar-refractivity contribution in [3.63, 3.8) is 0 Å². The minimum absolute atomic E-state index is 0.148. The molecule has 0 amide bonds. The number of hydrogen-bond donors (Lipinski definition) is 3. The van der Waals surface area contributed by atoms with Crippen LogP contribution in [0, 0.1) is 5.41 Å². The zero-order valence-corrected chi connectivity index (χ0v) is 6.99. The van der Waals surface area contributed by atoms with E-state index < -0.39 is 17.5 Å². The Hall–Kier alpha value is -0.610. The predicted octanol–water partition coefficient (Wildman–Crippen LogP) is -0.0490. The van der Waals surface area contributed by atoms with Gasteiger partial charge in [0.1, 0.15) is 0 Å². The Morgan fingerprint density at radius 3 is 2.42 bits per heavy atom. The molecule has 0 unspecified atom stereocenters. The maximum atomic E-state index is 10.8. The first kappa shape index (κ1) is 9.48. The minimum Gasteiger partial charge on any atom is -0.481 e. The van der Waals surface area contributed by atoms with Crippen LogP contribution in [0.5, 0.6) is 0 Å². The molecule has 0 aromatic rings. The third-order valence-corrected chi connectivity index (χ3v) is 2.66. The molecule has 0 spiro atoms. The van der Waals surface area contributed by atoms with Crippen LogP contribution in [0.2, 0.25) is 0 Å². The Balaban J connectivity index is 2.50. The second-order valence-corrected chi connectivity index (χ2v) is 3.53. The lowest BCUT2D eigenvalue weighted by atomic mass is 9.65. The first-order valence-electron chi connectivity index (χ1n) is 4.22. The summed E-state index contributed by atoms with van der Waals surface area (Å²) in [5, 5.41) is 18.1. The highest BCUT2D eigenvalue weighted by Crippen LogP contribution is 2.44. The zero-order chi connectivity index (χ0) is 9.19. The maximum absolute atomic E-state index is 10.8. The fourth-order valence-corrected chi connectivity index (χ4v) is 1.64. The van der Waals surface area contributed by atoms with Gasteiger partial charge in [-0.05, 0) is 19.3 Å². The lowest BCUT2D eigenvalue weighted by molar-refractivity contribution is -0.157. The van der Waals surface area contributed by atoms with Crippen molar-refractivity contribution in [2.75, 3.05) is 6.54 Å². The molecule has 1 atom stereocenters. The lowest BCUT2D eigenvalue weighted by Gasteiger charge is -2.38. The fraction of sp³-hybridized carbons (Fsp3) is 0.875. The van der Waals surface area contributed by atoms with Gasteiger partial charge in [-0.15, -0.1) is 0 Å². The molecule has 0 heterocycles. The van der Waals surface area contributed by atoms with Crippen LogP contribution >= 0.6 is 0 Å². The van der Waals surface area contributed by atoms with E-state index in [1.807, 2.05) is 0 Å². The molecule has 0 aromatic carbocycles. The molecule has 4 N–H and O–H groups in total. The molecule has 1 fully saturated rings. The van der Waals surface area contributed by atoms with E-state index in [0.717, 1.165) is 6.42 Å². The summed E-state index contributed by atoms with van der Waals surface area (Å²) in [7, 11) is 0. The van der Waals surface area contributed by atoms with E-state index >= 15 is 0 Å². The second-order valence-electron chi connectivity index (χ2n) is 3.53. The molecule has 1 aliphatic carbocycles. The van der Waals surface area contributed by atoms with E-state index in [1.54, 1.807) is 0 Å². The van der Waals surface area contributed by atoms with Crippen molar-refractivity contribution in [3.8, 4) is 0 Å². The zero-order valence-electron chi connectivity index (χ0n) is 6.99. The largest absolute Gasteiger partial charge is 0.481 e. The maximum Gasteiger partial charge on any atom is 0.309 e. The lowest BCUT2D eigenvalue weighted by Crippen LogP contribution is -2.42. The SMILES string of the molecule is NC[C@@H](O)CC1(C(=O)O)CCC1. The quantitative estimate of drug-likeness (QED) is 0.556. The first-order chi connectivity index (χ1) is 5.60. The van der Waals surface area contributed by atoms with Gasteiger partial charge in [0.25, 0.3) is 0 Å². The van der Waals surface area contributed by atoms with E-state index in [1.165, 1.54) is 0 Å². The van der Waals surface area contributed by atoms with Crippen molar-refractivity contribution in [2.24, 2.45) is 11.1 Å². The monoisotopic (exact) mass is 173 g/mol. The number of carboxylic acid groups (broad SMARTS) is 1. The van der Waals surface area contributed by atoms with Crippen LogP contribution in [0.3, 0.4) is 0 Å². The van der Waals surface area contributed by atoms with E-state index in [0.29, 0.717) is 19.3 Å². The summed E-state index contributed by atoms with van der Waals surface area (Å²) in [6, 6.07) is 0. The summed E-state index contributed by atoms with van der Waals surface area (Å²) in [6.07, 6.45) is 1.95. The number of hydrogen-bond acceptors (Lipinski definition) is 3. The van der Waals surface area contributed by atoms with Crippen LogP contribution < -0.4 is 5.73 Å². The molecule has 0 bridgehead atoms. The van der Waals surface area contributed by atoms with E-state index in [9.17, 15) is 9.90 Å². The molecular weight excluding hydrogens is 158 g/mol. The number of carbonyl (C=O) groups is 1. The summed E-state index contributed by atoms with van der Waals surface area (Å²) in [5.41, 5.74) is 4.55. The molecule has 0 aromatic heterocycles. The number of aliphatic hydroxyl groups excluding tert-OH is 1. The third kappa shape index (κ3) is 1.59. The molecule has 0 saturated heterocycles. The highest BCUT2D eigenvalue weighted by atomic mass is 16.4. The number of nitrogens with two attached hydrogens (primary N) is 1. The van der Waals surface area contributed by atoms with Crippen LogP contribution in [0.1, 0.15) is 25.7 Å². The van der Waals surface area contributed by atoms with Crippen molar-refractivity contribution in [1.29, 1.82) is 0 Å². The highest BCUT2D eigenvalue weighted by molar-refractivity contribution is 5.75. The molecular formula is C8H15NO3. The Morgan fingerprint density at radius 2 is 2.17 bits per heavy atom. The van der Waals surface area contributed by atoms with Crippen LogP contribution in [0.4, 0.5) is 0 Å². The van der Waals surface area contributed by atoms with Crippen LogP contribution in [0.25, 0.3) is 0 Å². The third-order valence-electron chi connectivity index (χ3n) is 2.66. The van der Waals surface area contributed by atoms with Crippen molar-refractivity contribution in [3.05, 3.63) is 0 Å². The summed E-state index contributed by atoms with van der Waals surface area (Å²) >= 11 is 0. The molecule has 0 aliphatic heterocycles. The first-order valence-corrected chi connectivity index (χ1v) is 4.22. The van der Waals surface area contributed by atoms with Crippen molar-refractivity contribution >= 4 is 5.97 Å². The summed E-state index contributed by atoms with van der Waals surface area (Å²) in [6.45, 7) is 0.148. The second kappa shape index (κ2) is 3.41. The van der Waals surface area contributed by atoms with Gasteiger partial charge in [0.15, 0.2) is 0 Å². The van der Waals surface area contributed by atoms with Gasteiger partial charge in [0.05, 0.1) is 11.5 Å². The average molecular weight is 173 g/mol. The highest BCUT2D eigenvalue weighted by Gasteiger charge is 2.45. The standard InChI is InChI=1S/C8H15NO3/c9-5-6(10)4-8(7(11)12)2-1-3-8/h6,10H,1-5,9H2,(H,11,12)/t6-/m0/s1. The van der Waals surface area contributed by atoms with Gasteiger partial charge in [-0.2, -0.15) is 0 Å². The Kier molecular flexibility index (Phi) is 2.69. The van der Waals surface area contributed by atoms with E-state index in [-0.39, 0.29) is 6.54 Å². The molecule has 1 saturated carbocycles. The number of aliphatic carboxylic acids is 1. The summed E-state index contributed by atoms with van der Waals surface area (Å²) < 4.78 is 0. The molecule has 12 heavy (non-hydrogen) atoms. The van der Waals surface area contributed by atoms with Gasteiger partial charge in [-0.25, -0.2) is 0 Å². The number of rotatable bonds is 4. The normalized spacial score (nSPS) is 22.8. The van der Waals surface area contributed by atoms with Crippen LogP contribution in [0.15, 0.2) is 0 Å². The van der Waals surface area contributed by atoms with E-state index in [2.05, 4.69) is 0 Å². The predicted molar refractivity (Wildman–Crippen MR) is 43.6 cm³/mol. The molecule has 70 valence electrons. The summed E-state index contributed by atoms with van der Waals surface area (Å²) in [5.74, 6) is -0.791. The molecule has 1 rings (SSSR count). The average Bonchev–Trinajstić information content (AvgIpc) is 1.95. The van der Waals surface area contributed by atoms with Gasteiger partial charge in [0, 0.05) is 6.54 Å². The van der Waals surface area contributed by atoms with Crippen LogP contribution in [-0.2, 0) is 4.79 Å². The number of aliphatic hydroxyl groups is 1. The van der Waals surface area contributed by atoms with Gasteiger partial charge in [0.2, 0.25) is 0 Å². The smallest absolute Gasteiger partial charge is 0.309 e. The van der Waals surface area contributed by atoms with Crippen molar-refractivity contribution in [2.45, 2.75) is 31.8 Å². The molecule has 4 heteroatoms. The molecule has 4 nitrogen and oxygen atoms in total. The molecule has 0 radical (unpaired) electrons. The topological polar surface area (TPSA) is 83.5 Å². The fourth-order valence-electron chi connectivity index (χ4n) is 1.64. The van der Waals surface area contributed by atoms with Gasteiger partial charge >= 0.3 is 5.97 Å². The Labute approximate surface area is 71.4 Å². The summed E-state index contributed by atoms with van der Waals surface area (Å²) in [4.78, 5) is 10.8. The van der Waals surface area contributed by atoms with Gasteiger partial charge < -0.3 is 15.9 Å².